The summed E-state index contributed by atoms with van der Waals surface area (Å²) in [5, 5.41) is 4.02. The van der Waals surface area contributed by atoms with Crippen molar-refractivity contribution < 1.29 is 23.8 Å². The molecular formula is C23H15Br2IN2O5. The molecule has 1 atom stereocenters. The van der Waals surface area contributed by atoms with Crippen molar-refractivity contribution in [3.8, 4) is 17.2 Å². The topological polar surface area (TPSA) is 86.2 Å². The minimum atomic E-state index is -0.844. The number of amides is 1. The monoisotopic (exact) mass is 684 g/mol. The minimum Gasteiger partial charge on any atom is -0.485 e. The van der Waals surface area contributed by atoms with Gasteiger partial charge in [0.25, 0.3) is 5.91 Å². The summed E-state index contributed by atoms with van der Waals surface area (Å²) in [5.74, 6) is 0.379. The minimum absolute atomic E-state index is 0.0688. The Bertz CT molecular complexity index is 1250. The highest BCUT2D eigenvalue weighted by atomic mass is 127. The van der Waals surface area contributed by atoms with Crippen molar-refractivity contribution >= 4 is 72.5 Å². The van der Waals surface area contributed by atoms with Gasteiger partial charge in [-0.05, 0) is 74.9 Å². The molecule has 0 saturated carbocycles. The second kappa shape index (κ2) is 10.7. The third-order valence-electron chi connectivity index (χ3n) is 4.51. The van der Waals surface area contributed by atoms with E-state index in [1.165, 1.54) is 6.21 Å². The maximum Gasteiger partial charge on any atom is 0.344 e. The fourth-order valence-electron chi connectivity index (χ4n) is 2.94. The van der Waals surface area contributed by atoms with Gasteiger partial charge in [-0.1, -0.05) is 40.2 Å². The van der Waals surface area contributed by atoms with Crippen molar-refractivity contribution in [3.05, 3.63) is 84.3 Å². The third kappa shape index (κ3) is 5.74. The second-order valence-electron chi connectivity index (χ2n) is 6.77. The molecule has 0 fully saturated rings. The Morgan fingerprint density at radius 2 is 1.82 bits per heavy atom. The van der Waals surface area contributed by atoms with Gasteiger partial charge in [0.2, 0.25) is 6.10 Å². The molecule has 1 heterocycles. The van der Waals surface area contributed by atoms with Gasteiger partial charge < -0.3 is 14.2 Å². The molecule has 1 unspecified atom stereocenters. The smallest absolute Gasteiger partial charge is 0.344 e. The maximum atomic E-state index is 12.7. The van der Waals surface area contributed by atoms with Crippen molar-refractivity contribution in [2.24, 2.45) is 5.10 Å². The first kappa shape index (κ1) is 23.7. The largest absolute Gasteiger partial charge is 0.485 e. The summed E-state index contributed by atoms with van der Waals surface area (Å²) in [7, 11) is 0. The van der Waals surface area contributed by atoms with Gasteiger partial charge in [0.05, 0.1) is 16.3 Å². The number of halogens is 3. The summed E-state index contributed by atoms with van der Waals surface area (Å²) in [6.45, 7) is 0.0688. The van der Waals surface area contributed by atoms with E-state index in [1.54, 1.807) is 42.5 Å². The van der Waals surface area contributed by atoms with Crippen molar-refractivity contribution in [2.75, 3.05) is 6.61 Å². The van der Waals surface area contributed by atoms with E-state index in [1.807, 2.05) is 18.2 Å². The van der Waals surface area contributed by atoms with E-state index in [9.17, 15) is 9.59 Å². The number of fused-ring (bicyclic) bond motifs is 1. The van der Waals surface area contributed by atoms with Crippen LogP contribution in [0.1, 0.15) is 15.9 Å². The van der Waals surface area contributed by atoms with Crippen LogP contribution in [0.25, 0.3) is 0 Å². The lowest BCUT2D eigenvalue weighted by atomic mass is 10.2. The first-order chi connectivity index (χ1) is 15.9. The summed E-state index contributed by atoms with van der Waals surface area (Å²) in [4.78, 5) is 25.2. The SMILES string of the molecule is O=C(Oc1c(Br)cc(Br)cc1/C=N/NC(=O)C1COc2ccccc2O1)c1ccccc1I. The molecule has 1 amide bonds. The predicted molar refractivity (Wildman–Crippen MR) is 138 cm³/mol. The van der Waals surface area contributed by atoms with Gasteiger partial charge in [0.1, 0.15) is 6.61 Å². The number of hydrazone groups is 1. The van der Waals surface area contributed by atoms with Crippen LogP contribution in [0.4, 0.5) is 0 Å². The number of benzene rings is 3. The Hall–Kier alpha value is -2.44. The maximum absolute atomic E-state index is 12.7. The first-order valence-corrected chi connectivity index (χ1v) is 12.3. The van der Waals surface area contributed by atoms with Gasteiger partial charge in [-0.25, -0.2) is 10.2 Å². The molecule has 0 spiro atoms. The molecule has 10 heteroatoms. The van der Waals surface area contributed by atoms with Crippen LogP contribution in [0.5, 0.6) is 17.2 Å². The fourth-order valence-corrected chi connectivity index (χ4v) is 4.89. The summed E-state index contributed by atoms with van der Waals surface area (Å²) in [5.41, 5.74) is 3.36. The molecule has 3 aromatic carbocycles. The Labute approximate surface area is 219 Å². The molecule has 33 heavy (non-hydrogen) atoms. The van der Waals surface area contributed by atoms with Gasteiger partial charge in [-0.3, -0.25) is 4.79 Å². The van der Waals surface area contributed by atoms with Crippen LogP contribution in [-0.4, -0.2) is 30.8 Å². The van der Waals surface area contributed by atoms with Crippen LogP contribution in [0.15, 0.2) is 74.7 Å². The highest BCUT2D eigenvalue weighted by molar-refractivity contribution is 14.1. The van der Waals surface area contributed by atoms with E-state index < -0.39 is 18.0 Å². The van der Waals surface area contributed by atoms with E-state index >= 15 is 0 Å². The molecule has 4 rings (SSSR count). The molecule has 0 aliphatic carbocycles. The zero-order valence-corrected chi connectivity index (χ0v) is 22.1. The number of ether oxygens (including phenoxy) is 3. The summed E-state index contributed by atoms with van der Waals surface area (Å²) >= 11 is 8.91. The molecule has 1 aliphatic rings. The number of carbonyl (C=O) groups excluding carboxylic acids is 2. The van der Waals surface area contributed by atoms with E-state index in [4.69, 9.17) is 14.2 Å². The molecule has 0 aromatic heterocycles. The number of hydrogen-bond donors (Lipinski definition) is 1. The average molecular weight is 686 g/mol. The summed E-state index contributed by atoms with van der Waals surface area (Å²) in [6, 6.07) is 17.7. The number of hydrogen-bond acceptors (Lipinski definition) is 6. The molecule has 0 radical (unpaired) electrons. The fraction of sp³-hybridized carbons (Fsp3) is 0.0870. The van der Waals surface area contributed by atoms with Crippen molar-refractivity contribution in [2.45, 2.75) is 6.10 Å². The van der Waals surface area contributed by atoms with Crippen LogP contribution in [-0.2, 0) is 4.79 Å². The Morgan fingerprint density at radius 1 is 1.09 bits per heavy atom. The molecule has 1 aliphatic heterocycles. The number of rotatable bonds is 5. The zero-order valence-electron chi connectivity index (χ0n) is 16.8. The quantitative estimate of drug-likeness (QED) is 0.129. The molecule has 0 saturated heterocycles. The van der Waals surface area contributed by atoms with E-state index in [-0.39, 0.29) is 12.4 Å². The summed E-state index contributed by atoms with van der Waals surface area (Å²) in [6.07, 6.45) is 0.549. The number of nitrogens with one attached hydrogen (secondary N) is 1. The van der Waals surface area contributed by atoms with Gasteiger partial charge in [0, 0.05) is 13.6 Å². The van der Waals surface area contributed by atoms with Crippen LogP contribution < -0.4 is 19.6 Å². The summed E-state index contributed by atoms with van der Waals surface area (Å²) < 4.78 is 18.9. The molecule has 1 N–H and O–H groups in total. The Morgan fingerprint density at radius 3 is 2.61 bits per heavy atom. The number of esters is 1. The van der Waals surface area contributed by atoms with Crippen LogP contribution in [0.3, 0.4) is 0 Å². The van der Waals surface area contributed by atoms with Crippen molar-refractivity contribution in [1.29, 1.82) is 0 Å². The number of carbonyl (C=O) groups is 2. The highest BCUT2D eigenvalue weighted by Gasteiger charge is 2.27. The van der Waals surface area contributed by atoms with Crippen LogP contribution >= 0.6 is 54.5 Å². The number of nitrogens with zero attached hydrogens (tertiary/aromatic N) is 1. The van der Waals surface area contributed by atoms with Gasteiger partial charge in [-0.15, -0.1) is 0 Å². The zero-order chi connectivity index (χ0) is 23.4. The predicted octanol–water partition coefficient (Wildman–Crippen LogP) is 5.33. The number of para-hydroxylation sites is 2. The molecule has 7 nitrogen and oxygen atoms in total. The molecular weight excluding hydrogens is 671 g/mol. The van der Waals surface area contributed by atoms with Crippen molar-refractivity contribution in [3.63, 3.8) is 0 Å². The molecule has 0 bridgehead atoms. The highest BCUT2D eigenvalue weighted by Crippen LogP contribution is 2.33. The normalized spacial score (nSPS) is 14.7. The Balaban J connectivity index is 1.48. The third-order valence-corrected chi connectivity index (χ3v) is 6.49. The van der Waals surface area contributed by atoms with Gasteiger partial charge in [0.15, 0.2) is 17.2 Å². The second-order valence-corrected chi connectivity index (χ2v) is 9.71. The lowest BCUT2D eigenvalue weighted by molar-refractivity contribution is -0.130. The van der Waals surface area contributed by atoms with E-state index in [0.717, 1.165) is 8.04 Å². The van der Waals surface area contributed by atoms with Crippen LogP contribution in [0, 0.1) is 3.57 Å². The van der Waals surface area contributed by atoms with E-state index in [0.29, 0.717) is 27.1 Å². The molecule has 168 valence electrons. The van der Waals surface area contributed by atoms with Crippen LogP contribution in [0.2, 0.25) is 0 Å². The Kier molecular flexibility index (Phi) is 7.66. The average Bonchev–Trinajstić information content (AvgIpc) is 2.81. The van der Waals surface area contributed by atoms with Crippen molar-refractivity contribution in [1.82, 2.24) is 5.43 Å². The van der Waals surface area contributed by atoms with E-state index in [2.05, 4.69) is 65.0 Å². The molecule has 3 aromatic rings. The van der Waals surface area contributed by atoms with Gasteiger partial charge in [-0.2, -0.15) is 5.10 Å². The lowest BCUT2D eigenvalue weighted by Crippen LogP contribution is -2.42. The standard InChI is InChI=1S/C23H15Br2IN2O5/c24-14-9-13(21(16(25)10-14)33-23(30)15-5-1-2-6-17(15)26)11-27-28-22(29)20-12-31-18-7-3-4-8-19(18)32-20/h1-11,20H,12H2,(H,28,29)/b27-11+. The lowest BCUT2D eigenvalue weighted by Gasteiger charge is -2.24. The van der Waals surface area contributed by atoms with Gasteiger partial charge >= 0.3 is 5.97 Å². The first-order valence-electron chi connectivity index (χ1n) is 9.59.